The predicted molar refractivity (Wildman–Crippen MR) is 46.3 cm³/mol. The van der Waals surface area contributed by atoms with Gasteiger partial charge in [0.15, 0.2) is 0 Å². The van der Waals surface area contributed by atoms with Gasteiger partial charge in [-0.2, -0.15) is 0 Å². The third-order valence-electron chi connectivity index (χ3n) is 1.40. The van der Waals surface area contributed by atoms with E-state index in [2.05, 4.69) is 10.8 Å². The maximum Gasteiger partial charge on any atom is 0.330 e. The highest BCUT2D eigenvalue weighted by molar-refractivity contribution is 5.86. The molecule has 13 heavy (non-hydrogen) atoms. The Morgan fingerprint density at radius 1 is 1.69 bits per heavy atom. The average molecular weight is 179 g/mol. The quantitative estimate of drug-likeness (QED) is 0.511. The molecule has 0 aromatic heterocycles. The van der Waals surface area contributed by atoms with E-state index in [1.54, 1.807) is 6.07 Å². The number of hydrogen-bond donors (Lipinski definition) is 0. The zero-order valence-electron chi connectivity index (χ0n) is 7.08. The first-order chi connectivity index (χ1) is 6.22. The molecule has 0 bridgehead atoms. The molecule has 0 N–H and O–H groups in total. The van der Waals surface area contributed by atoms with Gasteiger partial charge in [0, 0.05) is 12.1 Å². The molecule has 0 saturated carbocycles. The molecule has 1 radical (unpaired) electrons. The molecule has 0 amide bonds. The van der Waals surface area contributed by atoms with Gasteiger partial charge in [0.05, 0.1) is 7.11 Å². The molecule has 1 aromatic rings. The lowest BCUT2D eigenvalue weighted by Crippen LogP contribution is -1.93. The van der Waals surface area contributed by atoms with Crippen LogP contribution in [-0.2, 0) is 9.53 Å². The Bertz CT molecular complexity index is 331. The van der Waals surface area contributed by atoms with Gasteiger partial charge in [-0.15, -0.1) is 0 Å². The first-order valence-corrected chi connectivity index (χ1v) is 3.65. The van der Waals surface area contributed by atoms with E-state index in [1.807, 2.05) is 0 Å². The molecule has 0 unspecified atom stereocenters. The number of rotatable bonds is 2. The van der Waals surface area contributed by atoms with Gasteiger partial charge >= 0.3 is 5.97 Å². The minimum atomic E-state index is -0.465. The Balaban J connectivity index is 2.74. The summed E-state index contributed by atoms with van der Waals surface area (Å²) in [4.78, 5) is 10.7. The van der Waals surface area contributed by atoms with Crippen LogP contribution in [0.15, 0.2) is 24.3 Å². The highest BCUT2D eigenvalue weighted by Gasteiger charge is 1.93. The maximum absolute atomic E-state index is 12.6. The number of benzene rings is 1. The van der Waals surface area contributed by atoms with E-state index in [-0.39, 0.29) is 0 Å². The van der Waals surface area contributed by atoms with Gasteiger partial charge < -0.3 is 4.74 Å². The molecule has 3 heteroatoms. The molecule has 0 heterocycles. The number of esters is 1. The zero-order chi connectivity index (χ0) is 9.68. The number of ether oxygens (including phenoxy) is 1. The molecule has 1 aromatic carbocycles. The van der Waals surface area contributed by atoms with Crippen molar-refractivity contribution in [1.82, 2.24) is 0 Å². The molecule has 0 atom stereocenters. The molecular weight excluding hydrogens is 171 g/mol. The predicted octanol–water partition coefficient (Wildman–Crippen LogP) is 1.81. The molecule has 0 saturated heterocycles. The van der Waals surface area contributed by atoms with Gasteiger partial charge in [-0.1, -0.05) is 12.1 Å². The lowest BCUT2D eigenvalue weighted by molar-refractivity contribution is -0.134. The van der Waals surface area contributed by atoms with Crippen LogP contribution in [0.25, 0.3) is 6.08 Å². The standard InChI is InChI=1S/C10H8FO2/c1-13-10(12)6-5-8-3-2-4-9(11)7-8/h2-3,5-7H,1H3/b6-5+. The SMILES string of the molecule is COC(=O)/C=C/c1cc[c]c(F)c1. The van der Waals surface area contributed by atoms with E-state index >= 15 is 0 Å². The van der Waals surface area contributed by atoms with Crippen LogP contribution in [0.4, 0.5) is 4.39 Å². The van der Waals surface area contributed by atoms with Gasteiger partial charge in [0.1, 0.15) is 5.82 Å². The Morgan fingerprint density at radius 2 is 2.46 bits per heavy atom. The fraction of sp³-hybridized carbons (Fsp3) is 0.100. The van der Waals surface area contributed by atoms with Crippen molar-refractivity contribution in [2.45, 2.75) is 0 Å². The highest BCUT2D eigenvalue weighted by Crippen LogP contribution is 2.04. The summed E-state index contributed by atoms with van der Waals surface area (Å²) < 4.78 is 16.9. The number of methoxy groups -OCH3 is 1. The van der Waals surface area contributed by atoms with Crippen molar-refractivity contribution in [2.24, 2.45) is 0 Å². The van der Waals surface area contributed by atoms with Crippen molar-refractivity contribution >= 4 is 12.0 Å². The van der Waals surface area contributed by atoms with Gasteiger partial charge in [0.2, 0.25) is 0 Å². The van der Waals surface area contributed by atoms with Crippen LogP contribution in [0.5, 0.6) is 0 Å². The summed E-state index contributed by atoms with van der Waals surface area (Å²) in [6.07, 6.45) is 2.71. The number of carbonyl (C=O) groups is 1. The van der Waals surface area contributed by atoms with E-state index in [1.165, 1.54) is 31.4 Å². The fourth-order valence-electron chi connectivity index (χ4n) is 0.790. The summed E-state index contributed by atoms with van der Waals surface area (Å²) >= 11 is 0. The molecule has 0 spiro atoms. The van der Waals surface area contributed by atoms with Crippen molar-refractivity contribution in [1.29, 1.82) is 0 Å². The van der Waals surface area contributed by atoms with Gasteiger partial charge in [-0.25, -0.2) is 9.18 Å². The molecule has 67 valence electrons. The number of hydrogen-bond acceptors (Lipinski definition) is 2. The van der Waals surface area contributed by atoms with E-state index in [0.29, 0.717) is 5.56 Å². The third kappa shape index (κ3) is 3.07. The zero-order valence-corrected chi connectivity index (χ0v) is 7.08. The van der Waals surface area contributed by atoms with Crippen LogP contribution in [0, 0.1) is 11.9 Å². The topological polar surface area (TPSA) is 26.3 Å². The lowest BCUT2D eigenvalue weighted by Gasteiger charge is -1.92. The second kappa shape index (κ2) is 4.40. The molecule has 1 rings (SSSR count). The maximum atomic E-state index is 12.6. The molecule has 0 fully saturated rings. The monoisotopic (exact) mass is 179 g/mol. The normalized spacial score (nSPS) is 10.3. The van der Waals surface area contributed by atoms with E-state index in [0.717, 1.165) is 0 Å². The van der Waals surface area contributed by atoms with Crippen LogP contribution in [0.1, 0.15) is 5.56 Å². The second-order valence-corrected chi connectivity index (χ2v) is 2.33. The van der Waals surface area contributed by atoms with E-state index in [9.17, 15) is 9.18 Å². The summed E-state index contributed by atoms with van der Waals surface area (Å²) in [7, 11) is 1.28. The summed E-state index contributed by atoms with van der Waals surface area (Å²) in [6, 6.07) is 6.73. The Hall–Kier alpha value is -1.64. The number of halogens is 1. The summed E-state index contributed by atoms with van der Waals surface area (Å²) in [5.74, 6) is -0.916. The van der Waals surface area contributed by atoms with Crippen molar-refractivity contribution in [3.63, 3.8) is 0 Å². The minimum absolute atomic E-state index is 0.452. The van der Waals surface area contributed by atoms with Gasteiger partial charge in [0.25, 0.3) is 0 Å². The average Bonchev–Trinajstić information content (AvgIpc) is 2.14. The van der Waals surface area contributed by atoms with Gasteiger partial charge in [-0.05, 0) is 17.7 Å². The molecule has 2 nitrogen and oxygen atoms in total. The van der Waals surface area contributed by atoms with Crippen LogP contribution in [-0.4, -0.2) is 13.1 Å². The van der Waals surface area contributed by atoms with Crippen LogP contribution >= 0.6 is 0 Å². The van der Waals surface area contributed by atoms with Gasteiger partial charge in [-0.3, -0.25) is 0 Å². The minimum Gasteiger partial charge on any atom is -0.466 e. The summed E-state index contributed by atoms with van der Waals surface area (Å²) in [5.41, 5.74) is 0.599. The van der Waals surface area contributed by atoms with Crippen molar-refractivity contribution in [3.8, 4) is 0 Å². The van der Waals surface area contributed by atoms with Crippen molar-refractivity contribution in [2.75, 3.05) is 7.11 Å². The van der Waals surface area contributed by atoms with Crippen molar-refractivity contribution < 1.29 is 13.9 Å². The Labute approximate surface area is 75.6 Å². The highest BCUT2D eigenvalue weighted by atomic mass is 19.1. The lowest BCUT2D eigenvalue weighted by atomic mass is 10.2. The van der Waals surface area contributed by atoms with Crippen molar-refractivity contribution in [3.05, 3.63) is 41.7 Å². The molecular formula is C10H8FO2. The van der Waals surface area contributed by atoms with Crippen LogP contribution < -0.4 is 0 Å². The van der Waals surface area contributed by atoms with Crippen LogP contribution in [0.2, 0.25) is 0 Å². The first kappa shape index (κ1) is 9.45. The summed E-state index contributed by atoms with van der Waals surface area (Å²) in [6.45, 7) is 0. The Kier molecular flexibility index (Phi) is 3.20. The molecule has 0 aliphatic heterocycles. The van der Waals surface area contributed by atoms with E-state index < -0.39 is 11.8 Å². The third-order valence-corrected chi connectivity index (χ3v) is 1.40. The smallest absolute Gasteiger partial charge is 0.330 e. The summed E-state index contributed by atoms with van der Waals surface area (Å²) in [5, 5.41) is 0. The van der Waals surface area contributed by atoms with Crippen LogP contribution in [0.3, 0.4) is 0 Å². The number of carbonyl (C=O) groups excluding carboxylic acids is 1. The molecule has 0 aliphatic carbocycles. The largest absolute Gasteiger partial charge is 0.466 e. The first-order valence-electron chi connectivity index (χ1n) is 3.65. The van der Waals surface area contributed by atoms with E-state index in [4.69, 9.17) is 0 Å². The second-order valence-electron chi connectivity index (χ2n) is 2.33. The Morgan fingerprint density at radius 3 is 3.08 bits per heavy atom. The molecule has 0 aliphatic rings. The fourth-order valence-corrected chi connectivity index (χ4v) is 0.790.